The van der Waals surface area contributed by atoms with Crippen molar-refractivity contribution >= 4 is 52.7 Å². The summed E-state index contributed by atoms with van der Waals surface area (Å²) in [6.45, 7) is 4.15. The number of carbonyl (C=O) groups excluding carboxylic acids is 3. The van der Waals surface area contributed by atoms with Gasteiger partial charge in [0.1, 0.15) is 5.54 Å². The van der Waals surface area contributed by atoms with Crippen LogP contribution in [0.25, 0.3) is 0 Å². The predicted octanol–water partition coefficient (Wildman–Crippen LogP) is 2.42. The van der Waals surface area contributed by atoms with Gasteiger partial charge in [0.15, 0.2) is 8.68 Å². The number of hydrazine groups is 1. The van der Waals surface area contributed by atoms with Crippen LogP contribution in [0.3, 0.4) is 0 Å². The first-order valence-corrected chi connectivity index (χ1v) is 11.2. The molecular formula is C15H21N5O3S3. The van der Waals surface area contributed by atoms with Crippen molar-refractivity contribution in [3.63, 3.8) is 0 Å². The van der Waals surface area contributed by atoms with Crippen LogP contribution in [0.2, 0.25) is 0 Å². The van der Waals surface area contributed by atoms with Crippen LogP contribution in [0.15, 0.2) is 8.68 Å². The Bertz CT molecular complexity index is 702. The van der Waals surface area contributed by atoms with Crippen molar-refractivity contribution < 1.29 is 14.4 Å². The first kappa shape index (κ1) is 19.4. The van der Waals surface area contributed by atoms with E-state index >= 15 is 0 Å². The standard InChI is InChI=1S/C15H21N5O3S3/c1-9(2)25-14-18-17-13(26-14)24-8-10(21)19-20-11(22)15(16-12(20)23)6-4-3-5-7-15/h9H,3-8H2,1-2H3,(H,16,23)(H,19,21). The molecule has 4 amide bonds. The second kappa shape index (κ2) is 8.13. The summed E-state index contributed by atoms with van der Waals surface area (Å²) in [7, 11) is 0. The second-order valence-electron chi connectivity index (χ2n) is 6.54. The first-order valence-electron chi connectivity index (χ1n) is 8.49. The van der Waals surface area contributed by atoms with Gasteiger partial charge in [-0.1, -0.05) is 68.0 Å². The number of amides is 4. The Balaban J connectivity index is 1.52. The molecule has 11 heteroatoms. The van der Waals surface area contributed by atoms with Gasteiger partial charge >= 0.3 is 6.03 Å². The van der Waals surface area contributed by atoms with Crippen LogP contribution in [-0.4, -0.2) is 49.6 Å². The zero-order valence-electron chi connectivity index (χ0n) is 14.6. The SMILES string of the molecule is CC(C)Sc1nnc(SCC(=O)NN2C(=O)NC3(CCCCC3)C2=O)s1. The third-order valence-corrected chi connectivity index (χ3v) is 7.30. The van der Waals surface area contributed by atoms with Crippen LogP contribution in [0.4, 0.5) is 4.79 Å². The fourth-order valence-corrected chi connectivity index (χ4v) is 6.04. The number of aromatic nitrogens is 2. The smallest absolute Gasteiger partial charge is 0.322 e. The molecule has 1 aromatic heterocycles. The molecule has 142 valence electrons. The monoisotopic (exact) mass is 415 g/mol. The Morgan fingerprint density at radius 1 is 1.27 bits per heavy atom. The Labute approximate surface area is 164 Å². The van der Waals surface area contributed by atoms with E-state index in [1.165, 1.54) is 23.1 Å². The Hall–Kier alpha value is -1.33. The van der Waals surface area contributed by atoms with Gasteiger partial charge in [-0.25, -0.2) is 4.79 Å². The van der Waals surface area contributed by atoms with Gasteiger partial charge in [0.25, 0.3) is 5.91 Å². The molecular weight excluding hydrogens is 394 g/mol. The average Bonchev–Trinajstić information content (AvgIpc) is 3.12. The Morgan fingerprint density at radius 3 is 2.65 bits per heavy atom. The molecule has 1 aliphatic carbocycles. The van der Waals surface area contributed by atoms with Gasteiger partial charge in [0.2, 0.25) is 5.91 Å². The third kappa shape index (κ3) is 4.32. The predicted molar refractivity (Wildman–Crippen MR) is 101 cm³/mol. The van der Waals surface area contributed by atoms with Crippen molar-refractivity contribution in [2.45, 2.75) is 65.4 Å². The minimum atomic E-state index is -0.835. The molecule has 0 bridgehead atoms. The largest absolute Gasteiger partial charge is 0.344 e. The molecule has 2 aliphatic rings. The molecule has 1 aromatic rings. The van der Waals surface area contributed by atoms with Crippen LogP contribution in [0, 0.1) is 0 Å². The normalized spacial score (nSPS) is 19.3. The van der Waals surface area contributed by atoms with E-state index in [9.17, 15) is 14.4 Å². The number of thioether (sulfide) groups is 2. The van der Waals surface area contributed by atoms with Gasteiger partial charge in [-0.2, -0.15) is 5.01 Å². The van der Waals surface area contributed by atoms with Crippen molar-refractivity contribution in [3.8, 4) is 0 Å². The van der Waals surface area contributed by atoms with Crippen molar-refractivity contribution in [1.82, 2.24) is 25.9 Å². The maximum Gasteiger partial charge on any atom is 0.344 e. The van der Waals surface area contributed by atoms with E-state index < -0.39 is 17.5 Å². The van der Waals surface area contributed by atoms with Gasteiger partial charge in [-0.3, -0.25) is 15.0 Å². The summed E-state index contributed by atoms with van der Waals surface area (Å²) in [6, 6.07) is -0.554. The lowest BCUT2D eigenvalue weighted by Crippen LogP contribution is -2.51. The number of nitrogens with zero attached hydrogens (tertiary/aromatic N) is 3. The zero-order valence-corrected chi connectivity index (χ0v) is 17.1. The molecule has 0 unspecified atom stereocenters. The van der Waals surface area contributed by atoms with E-state index in [0.717, 1.165) is 28.6 Å². The van der Waals surface area contributed by atoms with E-state index in [0.29, 0.717) is 22.4 Å². The van der Waals surface area contributed by atoms with Gasteiger partial charge in [-0.05, 0) is 12.8 Å². The highest BCUT2D eigenvalue weighted by molar-refractivity contribution is 8.03. The van der Waals surface area contributed by atoms with Crippen molar-refractivity contribution in [2.24, 2.45) is 0 Å². The minimum Gasteiger partial charge on any atom is -0.322 e. The molecule has 2 N–H and O–H groups in total. The second-order valence-corrected chi connectivity index (χ2v) is 10.6. The highest BCUT2D eigenvalue weighted by Gasteiger charge is 2.52. The van der Waals surface area contributed by atoms with Crippen molar-refractivity contribution in [1.29, 1.82) is 0 Å². The molecule has 1 saturated carbocycles. The molecule has 1 spiro atoms. The van der Waals surface area contributed by atoms with Gasteiger partial charge in [-0.15, -0.1) is 10.2 Å². The summed E-state index contributed by atoms with van der Waals surface area (Å²) >= 11 is 4.29. The van der Waals surface area contributed by atoms with Crippen LogP contribution >= 0.6 is 34.9 Å². The summed E-state index contributed by atoms with van der Waals surface area (Å²) in [5.74, 6) is -0.711. The lowest BCUT2D eigenvalue weighted by Gasteiger charge is -2.30. The topological polar surface area (TPSA) is 104 Å². The number of carbonyl (C=O) groups is 3. The molecule has 2 heterocycles. The van der Waals surface area contributed by atoms with E-state index in [4.69, 9.17) is 0 Å². The molecule has 2 fully saturated rings. The lowest BCUT2D eigenvalue weighted by atomic mass is 9.82. The molecule has 0 atom stereocenters. The highest BCUT2D eigenvalue weighted by atomic mass is 32.2. The summed E-state index contributed by atoms with van der Waals surface area (Å²) in [5, 5.41) is 12.1. The minimum absolute atomic E-state index is 0.0606. The van der Waals surface area contributed by atoms with Gasteiger partial charge < -0.3 is 5.32 Å². The number of imide groups is 1. The van der Waals surface area contributed by atoms with Crippen LogP contribution in [0.1, 0.15) is 46.0 Å². The summed E-state index contributed by atoms with van der Waals surface area (Å²) < 4.78 is 1.54. The third-order valence-electron chi connectivity index (χ3n) is 4.16. The molecule has 1 aliphatic heterocycles. The Kier molecular flexibility index (Phi) is 6.08. The highest BCUT2D eigenvalue weighted by Crippen LogP contribution is 2.33. The van der Waals surface area contributed by atoms with Crippen molar-refractivity contribution in [2.75, 3.05) is 5.75 Å². The number of hydrogen-bond acceptors (Lipinski definition) is 8. The van der Waals surface area contributed by atoms with E-state index in [-0.39, 0.29) is 11.7 Å². The van der Waals surface area contributed by atoms with E-state index in [1.54, 1.807) is 11.8 Å². The molecule has 0 aromatic carbocycles. The number of urea groups is 1. The zero-order chi connectivity index (χ0) is 18.7. The molecule has 1 saturated heterocycles. The summed E-state index contributed by atoms with van der Waals surface area (Å²) in [5.41, 5.74) is 1.59. The van der Waals surface area contributed by atoms with E-state index in [2.05, 4.69) is 34.8 Å². The molecule has 3 rings (SSSR count). The quantitative estimate of drug-likeness (QED) is 0.543. The van der Waals surface area contributed by atoms with Crippen LogP contribution in [0.5, 0.6) is 0 Å². The number of hydrogen-bond donors (Lipinski definition) is 2. The first-order chi connectivity index (χ1) is 12.4. The lowest BCUT2D eigenvalue weighted by molar-refractivity contribution is -0.139. The molecule has 26 heavy (non-hydrogen) atoms. The maximum atomic E-state index is 12.6. The fraction of sp³-hybridized carbons (Fsp3) is 0.667. The average molecular weight is 416 g/mol. The molecule has 8 nitrogen and oxygen atoms in total. The summed E-state index contributed by atoms with van der Waals surface area (Å²) in [4.78, 5) is 36.9. The maximum absolute atomic E-state index is 12.6. The van der Waals surface area contributed by atoms with Crippen molar-refractivity contribution in [3.05, 3.63) is 0 Å². The summed E-state index contributed by atoms with van der Waals surface area (Å²) in [6.07, 6.45) is 4.11. The number of nitrogens with one attached hydrogen (secondary N) is 2. The fourth-order valence-electron chi connectivity index (χ4n) is 3.01. The molecule has 0 radical (unpaired) electrons. The van der Waals surface area contributed by atoms with Gasteiger partial charge in [0.05, 0.1) is 5.75 Å². The van der Waals surface area contributed by atoms with E-state index in [1.807, 2.05) is 0 Å². The van der Waals surface area contributed by atoms with Crippen LogP contribution in [-0.2, 0) is 9.59 Å². The van der Waals surface area contributed by atoms with Gasteiger partial charge in [0, 0.05) is 5.25 Å². The Morgan fingerprint density at radius 2 is 1.96 bits per heavy atom. The van der Waals surface area contributed by atoms with Crippen LogP contribution < -0.4 is 10.7 Å². The number of rotatable bonds is 6.